The second-order valence-corrected chi connectivity index (χ2v) is 5.83. The Morgan fingerprint density at radius 2 is 1.77 bits per heavy atom. The van der Waals surface area contributed by atoms with Crippen LogP contribution in [-0.2, 0) is 12.8 Å². The first kappa shape index (κ1) is 13.2. The first-order valence-corrected chi connectivity index (χ1v) is 7.88. The molecule has 1 heterocycles. The van der Waals surface area contributed by atoms with Gasteiger partial charge in [-0.1, -0.05) is 55.8 Å². The molecule has 4 rings (SSSR count). The first-order chi connectivity index (χ1) is 10.9. The molecule has 0 bridgehead atoms. The van der Waals surface area contributed by atoms with Gasteiger partial charge in [-0.05, 0) is 23.6 Å². The molecule has 3 aromatic rings. The summed E-state index contributed by atoms with van der Waals surface area (Å²) in [6, 6.07) is 17.2. The average Bonchev–Trinajstić information content (AvgIpc) is 2.94. The van der Waals surface area contributed by atoms with Crippen LogP contribution in [0.25, 0.3) is 22.5 Å². The normalized spacial score (nSPS) is 12.0. The predicted molar refractivity (Wildman–Crippen MR) is 89.7 cm³/mol. The van der Waals surface area contributed by atoms with Crippen molar-refractivity contribution < 1.29 is 0 Å². The number of rotatable bonds is 3. The number of hydrogen-bond donors (Lipinski definition) is 0. The lowest BCUT2D eigenvalue weighted by Crippen LogP contribution is -1.94. The van der Waals surface area contributed by atoms with Gasteiger partial charge in [0.15, 0.2) is 0 Å². The molecular formula is C20H18N2. The Balaban J connectivity index is 1.85. The van der Waals surface area contributed by atoms with Gasteiger partial charge in [-0.3, -0.25) is 0 Å². The SMILES string of the molecule is CCCc1ccc2c(c1)-c1ncnc(-c3ccccc3)c1C2. The third-order valence-electron chi connectivity index (χ3n) is 4.33. The van der Waals surface area contributed by atoms with E-state index in [9.17, 15) is 0 Å². The average molecular weight is 286 g/mol. The van der Waals surface area contributed by atoms with Crippen LogP contribution in [0.5, 0.6) is 0 Å². The zero-order chi connectivity index (χ0) is 14.9. The molecule has 0 radical (unpaired) electrons. The van der Waals surface area contributed by atoms with E-state index < -0.39 is 0 Å². The summed E-state index contributed by atoms with van der Waals surface area (Å²) < 4.78 is 0. The second-order valence-electron chi connectivity index (χ2n) is 5.83. The Bertz CT molecular complexity index is 822. The van der Waals surface area contributed by atoms with Gasteiger partial charge in [0.1, 0.15) is 6.33 Å². The summed E-state index contributed by atoms with van der Waals surface area (Å²) in [6.45, 7) is 2.22. The molecule has 0 N–H and O–H groups in total. The van der Waals surface area contributed by atoms with E-state index in [0.29, 0.717) is 0 Å². The van der Waals surface area contributed by atoms with Crippen molar-refractivity contribution in [3.8, 4) is 22.5 Å². The van der Waals surface area contributed by atoms with E-state index in [1.54, 1.807) is 6.33 Å². The summed E-state index contributed by atoms with van der Waals surface area (Å²) in [6.07, 6.45) is 4.93. The molecule has 0 unspecified atom stereocenters. The largest absolute Gasteiger partial charge is 0.236 e. The van der Waals surface area contributed by atoms with E-state index in [-0.39, 0.29) is 0 Å². The van der Waals surface area contributed by atoms with Gasteiger partial charge in [0, 0.05) is 23.1 Å². The molecule has 1 aliphatic rings. The Kier molecular flexibility index (Phi) is 3.23. The van der Waals surface area contributed by atoms with Crippen LogP contribution in [0, 0.1) is 0 Å². The number of aryl methyl sites for hydroxylation is 1. The van der Waals surface area contributed by atoms with Crippen molar-refractivity contribution in [2.24, 2.45) is 0 Å². The van der Waals surface area contributed by atoms with Gasteiger partial charge in [0.2, 0.25) is 0 Å². The third kappa shape index (κ3) is 2.12. The number of fused-ring (bicyclic) bond motifs is 3. The monoisotopic (exact) mass is 286 g/mol. The topological polar surface area (TPSA) is 25.8 Å². The maximum atomic E-state index is 4.58. The molecule has 0 aliphatic heterocycles. The number of hydrogen-bond acceptors (Lipinski definition) is 2. The van der Waals surface area contributed by atoms with Crippen LogP contribution < -0.4 is 0 Å². The molecule has 0 atom stereocenters. The van der Waals surface area contributed by atoms with E-state index in [0.717, 1.165) is 24.2 Å². The summed E-state index contributed by atoms with van der Waals surface area (Å²) >= 11 is 0. The molecule has 1 aromatic heterocycles. The maximum Gasteiger partial charge on any atom is 0.116 e. The second kappa shape index (κ2) is 5.38. The van der Waals surface area contributed by atoms with E-state index in [1.165, 1.54) is 34.2 Å². The van der Waals surface area contributed by atoms with E-state index >= 15 is 0 Å². The van der Waals surface area contributed by atoms with Gasteiger partial charge < -0.3 is 0 Å². The van der Waals surface area contributed by atoms with Gasteiger partial charge in [0.05, 0.1) is 11.4 Å². The summed E-state index contributed by atoms with van der Waals surface area (Å²) in [5, 5.41) is 0. The van der Waals surface area contributed by atoms with E-state index in [1.807, 2.05) is 6.07 Å². The number of nitrogens with zero attached hydrogens (tertiary/aromatic N) is 2. The van der Waals surface area contributed by atoms with Crippen LogP contribution in [0.15, 0.2) is 54.9 Å². The van der Waals surface area contributed by atoms with Crippen LogP contribution in [0.4, 0.5) is 0 Å². The van der Waals surface area contributed by atoms with E-state index in [4.69, 9.17) is 0 Å². The minimum Gasteiger partial charge on any atom is -0.236 e. The van der Waals surface area contributed by atoms with Crippen molar-refractivity contribution in [3.63, 3.8) is 0 Å². The number of benzene rings is 2. The zero-order valence-electron chi connectivity index (χ0n) is 12.7. The Hall–Kier alpha value is -2.48. The minimum atomic E-state index is 0.933. The highest BCUT2D eigenvalue weighted by Gasteiger charge is 2.23. The van der Waals surface area contributed by atoms with Crippen molar-refractivity contribution in [3.05, 3.63) is 71.5 Å². The summed E-state index contributed by atoms with van der Waals surface area (Å²) in [5.74, 6) is 0. The Morgan fingerprint density at radius 3 is 2.59 bits per heavy atom. The quantitative estimate of drug-likeness (QED) is 0.547. The lowest BCUT2D eigenvalue weighted by atomic mass is 10.0. The summed E-state index contributed by atoms with van der Waals surface area (Å²) in [4.78, 5) is 9.13. The highest BCUT2D eigenvalue weighted by molar-refractivity contribution is 5.80. The highest BCUT2D eigenvalue weighted by atomic mass is 14.9. The van der Waals surface area contributed by atoms with Crippen molar-refractivity contribution in [2.75, 3.05) is 0 Å². The molecule has 22 heavy (non-hydrogen) atoms. The molecule has 1 aliphatic carbocycles. The van der Waals surface area contributed by atoms with Gasteiger partial charge in [-0.2, -0.15) is 0 Å². The van der Waals surface area contributed by atoms with Crippen molar-refractivity contribution in [2.45, 2.75) is 26.2 Å². The molecule has 0 fully saturated rings. The molecule has 2 aromatic carbocycles. The smallest absolute Gasteiger partial charge is 0.116 e. The maximum absolute atomic E-state index is 4.58. The molecule has 108 valence electrons. The fraction of sp³-hybridized carbons (Fsp3) is 0.200. The van der Waals surface area contributed by atoms with Crippen LogP contribution in [-0.4, -0.2) is 9.97 Å². The fourth-order valence-electron chi connectivity index (χ4n) is 3.29. The molecule has 2 heteroatoms. The molecule has 2 nitrogen and oxygen atoms in total. The summed E-state index contributed by atoms with van der Waals surface area (Å²) in [7, 11) is 0. The van der Waals surface area contributed by atoms with Crippen LogP contribution in [0.2, 0.25) is 0 Å². The lowest BCUT2D eigenvalue weighted by molar-refractivity contribution is 0.921. The molecule has 0 saturated heterocycles. The fourth-order valence-corrected chi connectivity index (χ4v) is 3.29. The van der Waals surface area contributed by atoms with Crippen molar-refractivity contribution in [1.29, 1.82) is 0 Å². The van der Waals surface area contributed by atoms with Crippen molar-refractivity contribution >= 4 is 0 Å². The zero-order valence-corrected chi connectivity index (χ0v) is 12.7. The summed E-state index contributed by atoms with van der Waals surface area (Å²) in [5.41, 5.74) is 8.67. The van der Waals surface area contributed by atoms with Crippen LogP contribution in [0.3, 0.4) is 0 Å². The molecule has 0 saturated carbocycles. The van der Waals surface area contributed by atoms with Gasteiger partial charge >= 0.3 is 0 Å². The predicted octanol–water partition coefficient (Wildman–Crippen LogP) is 4.67. The molecule has 0 amide bonds. The molecule has 0 spiro atoms. The Morgan fingerprint density at radius 1 is 0.955 bits per heavy atom. The Labute approximate surface area is 130 Å². The lowest BCUT2D eigenvalue weighted by Gasteiger charge is -2.06. The van der Waals surface area contributed by atoms with Crippen molar-refractivity contribution in [1.82, 2.24) is 9.97 Å². The standard InChI is InChI=1S/C20H18N2/c1-2-6-14-9-10-16-12-18-19(15-7-4-3-5-8-15)21-13-22-20(18)17(16)11-14/h3-5,7-11,13H,2,6,12H2,1H3. The molecular weight excluding hydrogens is 268 g/mol. The van der Waals surface area contributed by atoms with Crippen LogP contribution >= 0.6 is 0 Å². The highest BCUT2D eigenvalue weighted by Crippen LogP contribution is 2.39. The first-order valence-electron chi connectivity index (χ1n) is 7.88. The third-order valence-corrected chi connectivity index (χ3v) is 4.33. The number of aromatic nitrogens is 2. The van der Waals surface area contributed by atoms with Gasteiger partial charge in [-0.25, -0.2) is 9.97 Å². The minimum absolute atomic E-state index is 0.933. The van der Waals surface area contributed by atoms with Gasteiger partial charge in [0.25, 0.3) is 0 Å². The van der Waals surface area contributed by atoms with E-state index in [2.05, 4.69) is 59.4 Å². The van der Waals surface area contributed by atoms with Gasteiger partial charge in [-0.15, -0.1) is 0 Å². The van der Waals surface area contributed by atoms with Crippen LogP contribution in [0.1, 0.15) is 30.0 Å².